The second-order valence-electron chi connectivity index (χ2n) is 6.21. The van der Waals surface area contributed by atoms with Gasteiger partial charge in [0.2, 0.25) is 10.0 Å². The van der Waals surface area contributed by atoms with E-state index in [-0.39, 0.29) is 5.92 Å². The Labute approximate surface area is 162 Å². The summed E-state index contributed by atoms with van der Waals surface area (Å²) in [5.41, 5.74) is 0.913. The summed E-state index contributed by atoms with van der Waals surface area (Å²) in [7, 11) is -4.12. The first-order chi connectivity index (χ1) is 13.1. The van der Waals surface area contributed by atoms with Crippen molar-refractivity contribution in [2.24, 2.45) is 5.14 Å². The van der Waals surface area contributed by atoms with Crippen LogP contribution in [-0.2, 0) is 19.6 Å². The minimum atomic E-state index is -4.12. The Hall–Kier alpha value is -2.78. The van der Waals surface area contributed by atoms with Gasteiger partial charge in [-0.05, 0) is 42.2 Å². The molecule has 0 unspecified atom stereocenters. The predicted octanol–water partition coefficient (Wildman–Crippen LogP) is 2.78. The number of amides is 1. The first-order valence-electron chi connectivity index (χ1n) is 8.51. The molecule has 2 rings (SSSR count). The molecule has 0 saturated carbocycles. The highest BCUT2D eigenvalue weighted by Gasteiger charge is 2.19. The van der Waals surface area contributed by atoms with Crippen LogP contribution >= 0.6 is 0 Å². The predicted molar refractivity (Wildman–Crippen MR) is 102 cm³/mol. The first-order valence-corrected chi connectivity index (χ1v) is 10.1. The minimum Gasteiger partial charge on any atom is -0.452 e. The first kappa shape index (κ1) is 21.5. The number of hydrogen-bond donors (Lipinski definition) is 2. The van der Waals surface area contributed by atoms with Crippen LogP contribution in [0.1, 0.15) is 42.1 Å². The molecule has 2 aromatic carbocycles. The molecule has 0 bridgehead atoms. The highest BCUT2D eigenvalue weighted by atomic mass is 32.2. The number of halogens is 1. The number of rotatable bonds is 7. The maximum Gasteiger partial charge on any atom is 0.341 e. The molecule has 2 aromatic rings. The van der Waals surface area contributed by atoms with E-state index in [1.54, 1.807) is 12.1 Å². The van der Waals surface area contributed by atoms with E-state index in [0.717, 1.165) is 30.2 Å². The third-order valence-corrected chi connectivity index (χ3v) is 5.11. The second-order valence-corrected chi connectivity index (χ2v) is 7.77. The number of ether oxygens (including phenoxy) is 1. The van der Waals surface area contributed by atoms with Crippen LogP contribution in [0, 0.1) is 5.82 Å². The third kappa shape index (κ3) is 5.37. The number of nitrogens with two attached hydrogens (primary N) is 1. The van der Waals surface area contributed by atoms with E-state index in [1.165, 1.54) is 0 Å². The number of carbonyl (C=O) groups is 2. The molecule has 0 heterocycles. The van der Waals surface area contributed by atoms with Gasteiger partial charge in [-0.1, -0.05) is 32.0 Å². The van der Waals surface area contributed by atoms with Gasteiger partial charge in [-0.25, -0.2) is 22.7 Å². The number of anilines is 1. The van der Waals surface area contributed by atoms with Gasteiger partial charge in [0, 0.05) is 5.69 Å². The highest BCUT2D eigenvalue weighted by molar-refractivity contribution is 7.89. The Morgan fingerprint density at radius 1 is 1.21 bits per heavy atom. The lowest BCUT2D eigenvalue weighted by Gasteiger charge is -2.15. The Bertz CT molecular complexity index is 992. The molecular formula is C19H21FN2O5S. The van der Waals surface area contributed by atoms with Crippen LogP contribution in [0.4, 0.5) is 10.1 Å². The lowest BCUT2D eigenvalue weighted by molar-refractivity contribution is -0.119. The smallest absolute Gasteiger partial charge is 0.341 e. The fraction of sp³-hybridized carbons (Fsp3) is 0.263. The van der Waals surface area contributed by atoms with Crippen molar-refractivity contribution in [2.45, 2.75) is 31.1 Å². The molecule has 3 N–H and O–H groups in total. The molecule has 0 aliphatic carbocycles. The van der Waals surface area contributed by atoms with Gasteiger partial charge < -0.3 is 10.1 Å². The Balaban J connectivity index is 2.07. The number of esters is 1. The van der Waals surface area contributed by atoms with Crippen LogP contribution in [0.15, 0.2) is 47.4 Å². The van der Waals surface area contributed by atoms with E-state index in [1.807, 2.05) is 26.0 Å². The van der Waals surface area contributed by atoms with E-state index in [9.17, 15) is 22.4 Å². The van der Waals surface area contributed by atoms with Crippen molar-refractivity contribution in [3.8, 4) is 0 Å². The van der Waals surface area contributed by atoms with Crippen LogP contribution in [0.25, 0.3) is 0 Å². The SMILES string of the molecule is CC[C@H](C)c1ccccc1NC(=O)COC(=O)c1cc(S(N)(=O)=O)ccc1F. The summed E-state index contributed by atoms with van der Waals surface area (Å²) in [5.74, 6) is -2.55. The van der Waals surface area contributed by atoms with Crippen molar-refractivity contribution >= 4 is 27.6 Å². The largest absolute Gasteiger partial charge is 0.452 e. The second kappa shape index (κ2) is 8.94. The van der Waals surface area contributed by atoms with Crippen LogP contribution in [0.3, 0.4) is 0 Å². The van der Waals surface area contributed by atoms with E-state index in [4.69, 9.17) is 9.88 Å². The van der Waals surface area contributed by atoms with Crippen molar-refractivity contribution in [3.63, 3.8) is 0 Å². The molecule has 0 aromatic heterocycles. The molecule has 28 heavy (non-hydrogen) atoms. The van der Waals surface area contributed by atoms with Crippen LogP contribution in [0.5, 0.6) is 0 Å². The number of nitrogens with one attached hydrogen (secondary N) is 1. The molecule has 7 nitrogen and oxygen atoms in total. The highest BCUT2D eigenvalue weighted by Crippen LogP contribution is 2.26. The third-order valence-electron chi connectivity index (χ3n) is 4.20. The molecule has 0 radical (unpaired) electrons. The molecule has 0 aliphatic rings. The van der Waals surface area contributed by atoms with Gasteiger partial charge >= 0.3 is 5.97 Å². The molecule has 1 amide bonds. The van der Waals surface area contributed by atoms with Crippen molar-refractivity contribution in [1.82, 2.24) is 0 Å². The van der Waals surface area contributed by atoms with Gasteiger partial charge in [-0.2, -0.15) is 0 Å². The van der Waals surface area contributed by atoms with Crippen LogP contribution in [0.2, 0.25) is 0 Å². The van der Waals surface area contributed by atoms with Crippen molar-refractivity contribution < 1.29 is 27.1 Å². The topological polar surface area (TPSA) is 116 Å². The standard InChI is InChI=1S/C19H21FN2O5S/c1-3-12(2)14-6-4-5-7-17(14)22-18(23)11-27-19(24)15-10-13(28(21,25)26)8-9-16(15)20/h4-10,12H,3,11H2,1-2H3,(H,22,23)(H2,21,25,26)/t12-/m0/s1. The van der Waals surface area contributed by atoms with Gasteiger partial charge in [0.15, 0.2) is 6.61 Å². The van der Waals surface area contributed by atoms with Gasteiger partial charge in [-0.15, -0.1) is 0 Å². The summed E-state index contributed by atoms with van der Waals surface area (Å²) < 4.78 is 41.3. The number of sulfonamides is 1. The van der Waals surface area contributed by atoms with Crippen LogP contribution < -0.4 is 10.5 Å². The van der Waals surface area contributed by atoms with Crippen molar-refractivity contribution in [1.29, 1.82) is 0 Å². The number of hydrogen-bond acceptors (Lipinski definition) is 5. The van der Waals surface area contributed by atoms with Gasteiger partial charge in [0.1, 0.15) is 5.82 Å². The molecule has 150 valence electrons. The quantitative estimate of drug-likeness (QED) is 0.684. The van der Waals surface area contributed by atoms with E-state index < -0.39 is 44.8 Å². The summed E-state index contributed by atoms with van der Waals surface area (Å²) in [5, 5.41) is 7.62. The summed E-state index contributed by atoms with van der Waals surface area (Å²) in [6, 6.07) is 9.74. The molecule has 0 saturated heterocycles. The molecular weight excluding hydrogens is 387 g/mol. The average molecular weight is 408 g/mol. The zero-order valence-corrected chi connectivity index (χ0v) is 16.3. The average Bonchev–Trinajstić information content (AvgIpc) is 2.65. The monoisotopic (exact) mass is 408 g/mol. The molecule has 0 aliphatic heterocycles. The number of para-hydroxylation sites is 1. The Morgan fingerprint density at radius 2 is 1.89 bits per heavy atom. The maximum atomic E-state index is 13.8. The number of primary sulfonamides is 1. The van der Waals surface area contributed by atoms with Gasteiger partial charge in [0.25, 0.3) is 5.91 Å². The number of benzene rings is 2. The minimum absolute atomic E-state index is 0.217. The van der Waals surface area contributed by atoms with Crippen molar-refractivity contribution in [2.75, 3.05) is 11.9 Å². The lowest BCUT2D eigenvalue weighted by Crippen LogP contribution is -2.22. The zero-order chi connectivity index (χ0) is 20.9. The zero-order valence-electron chi connectivity index (χ0n) is 15.4. The summed E-state index contributed by atoms with van der Waals surface area (Å²) in [6.07, 6.45) is 0.877. The number of carbonyl (C=O) groups excluding carboxylic acids is 2. The normalized spacial score (nSPS) is 12.3. The fourth-order valence-electron chi connectivity index (χ4n) is 2.49. The molecule has 9 heteroatoms. The Morgan fingerprint density at radius 3 is 2.54 bits per heavy atom. The maximum absolute atomic E-state index is 13.8. The van der Waals surface area contributed by atoms with Gasteiger partial charge in [-0.3, -0.25) is 4.79 Å². The molecule has 0 fully saturated rings. The van der Waals surface area contributed by atoms with E-state index in [2.05, 4.69) is 5.32 Å². The molecule has 0 spiro atoms. The summed E-state index contributed by atoms with van der Waals surface area (Å²) >= 11 is 0. The summed E-state index contributed by atoms with van der Waals surface area (Å²) in [6.45, 7) is 3.38. The fourth-order valence-corrected chi connectivity index (χ4v) is 3.03. The summed E-state index contributed by atoms with van der Waals surface area (Å²) in [4.78, 5) is 23.7. The Kier molecular flexibility index (Phi) is 6.87. The van der Waals surface area contributed by atoms with Crippen LogP contribution in [-0.4, -0.2) is 26.9 Å². The van der Waals surface area contributed by atoms with E-state index in [0.29, 0.717) is 5.69 Å². The molecule has 1 atom stereocenters. The van der Waals surface area contributed by atoms with E-state index >= 15 is 0 Å². The lowest BCUT2D eigenvalue weighted by atomic mass is 9.97. The van der Waals surface area contributed by atoms with Crippen molar-refractivity contribution in [3.05, 3.63) is 59.4 Å². The van der Waals surface area contributed by atoms with Gasteiger partial charge in [0.05, 0.1) is 10.5 Å².